The Balaban J connectivity index is 0.000000180. The standard InChI is InChI=1S/C23H14NO.C15H18GeN.Ir/c1-2-8-16(9-3-1)17-13-14-18(20-11-6-7-15-24-20)23-22(17)19-10-4-5-12-21(19)25-23;1-12-5-7-13(8-6-12)15-10-9-14(11-17-15)16(2,3)4;/h1-13,15H;5-7,9-11H,1-4H3;/q2*-1;. The van der Waals surface area contributed by atoms with E-state index in [1.54, 1.807) is 6.20 Å². The van der Waals surface area contributed by atoms with Crippen LogP contribution in [-0.2, 0) is 20.1 Å². The average Bonchev–Trinajstić information content (AvgIpc) is 3.42. The second-order valence-electron chi connectivity index (χ2n) is 11.4. The number of rotatable bonds is 4. The molecule has 0 aliphatic rings. The van der Waals surface area contributed by atoms with Gasteiger partial charge >= 0.3 is 106 Å². The molecule has 0 fully saturated rings. The van der Waals surface area contributed by atoms with Crippen molar-refractivity contribution < 1.29 is 24.5 Å². The van der Waals surface area contributed by atoms with Gasteiger partial charge in [0.1, 0.15) is 5.58 Å². The molecule has 0 saturated heterocycles. The molecule has 0 unspecified atom stereocenters. The van der Waals surface area contributed by atoms with Gasteiger partial charge in [0.05, 0.1) is 5.58 Å². The number of furan rings is 1. The van der Waals surface area contributed by atoms with E-state index in [0.29, 0.717) is 0 Å². The maximum absolute atomic E-state index is 6.23. The van der Waals surface area contributed by atoms with Crippen molar-refractivity contribution in [1.29, 1.82) is 0 Å². The number of fused-ring (bicyclic) bond motifs is 3. The zero-order valence-corrected chi connectivity index (χ0v) is 29.2. The summed E-state index contributed by atoms with van der Waals surface area (Å²) >= 11 is -1.73. The van der Waals surface area contributed by atoms with Crippen molar-refractivity contribution in [1.82, 2.24) is 9.97 Å². The molecule has 0 bridgehead atoms. The van der Waals surface area contributed by atoms with Gasteiger partial charge < -0.3 is 9.40 Å². The van der Waals surface area contributed by atoms with Crippen LogP contribution in [0.5, 0.6) is 0 Å². The van der Waals surface area contributed by atoms with Crippen LogP contribution in [0, 0.1) is 19.1 Å². The first-order valence-corrected chi connectivity index (χ1v) is 21.5. The molecule has 43 heavy (non-hydrogen) atoms. The van der Waals surface area contributed by atoms with E-state index in [4.69, 9.17) is 4.42 Å². The van der Waals surface area contributed by atoms with E-state index in [1.807, 2.05) is 60.8 Å². The molecule has 0 spiro atoms. The molecule has 1 radical (unpaired) electrons. The van der Waals surface area contributed by atoms with Crippen LogP contribution in [0.2, 0.25) is 17.3 Å². The number of pyridine rings is 2. The predicted molar refractivity (Wildman–Crippen MR) is 177 cm³/mol. The fraction of sp³-hybridized carbons (Fsp3) is 0.105. The van der Waals surface area contributed by atoms with Crippen molar-refractivity contribution in [2.45, 2.75) is 24.2 Å². The maximum Gasteiger partial charge on any atom is 0.120 e. The van der Waals surface area contributed by atoms with Crippen molar-refractivity contribution in [3.05, 3.63) is 139 Å². The Hall–Kier alpha value is -3.83. The summed E-state index contributed by atoms with van der Waals surface area (Å²) in [5.74, 6) is 7.15. The Bertz CT molecular complexity index is 1940. The van der Waals surface area contributed by atoms with E-state index in [9.17, 15) is 0 Å². The zero-order valence-electron chi connectivity index (χ0n) is 24.7. The van der Waals surface area contributed by atoms with Crippen LogP contribution in [0.3, 0.4) is 0 Å². The van der Waals surface area contributed by atoms with Crippen molar-refractivity contribution in [2.75, 3.05) is 0 Å². The monoisotopic (exact) mass is 799 g/mol. The van der Waals surface area contributed by atoms with Crippen LogP contribution >= 0.6 is 0 Å². The molecule has 0 N–H and O–H groups in total. The van der Waals surface area contributed by atoms with Gasteiger partial charge in [-0.15, -0.1) is 12.1 Å². The van der Waals surface area contributed by atoms with E-state index in [-0.39, 0.29) is 20.1 Å². The van der Waals surface area contributed by atoms with Crippen LogP contribution in [0.25, 0.3) is 55.6 Å². The first-order chi connectivity index (χ1) is 20.4. The molecule has 7 rings (SSSR count). The molecule has 0 atom stereocenters. The first kappa shape index (κ1) is 30.6. The van der Waals surface area contributed by atoms with Crippen LogP contribution in [0.4, 0.5) is 0 Å². The van der Waals surface area contributed by atoms with Crippen LogP contribution in [-0.4, -0.2) is 23.2 Å². The van der Waals surface area contributed by atoms with Gasteiger partial charge in [0.2, 0.25) is 0 Å². The van der Waals surface area contributed by atoms with Crippen molar-refractivity contribution >= 4 is 39.6 Å². The van der Waals surface area contributed by atoms with Crippen molar-refractivity contribution in [3.8, 4) is 33.6 Å². The predicted octanol–water partition coefficient (Wildman–Crippen LogP) is 9.52. The van der Waals surface area contributed by atoms with Gasteiger partial charge in [-0.2, -0.15) is 0 Å². The number of nitrogens with zero attached hydrogens (tertiary/aromatic N) is 2. The number of aromatic nitrogens is 2. The quantitative estimate of drug-likeness (QED) is 0.132. The number of benzene rings is 4. The molecule has 3 nitrogen and oxygen atoms in total. The summed E-state index contributed by atoms with van der Waals surface area (Å²) in [5, 5.41) is 2.23. The van der Waals surface area contributed by atoms with Crippen LogP contribution in [0.15, 0.2) is 126 Å². The average molecular weight is 798 g/mol. The summed E-state index contributed by atoms with van der Waals surface area (Å²) in [5.41, 5.74) is 9.08. The van der Waals surface area contributed by atoms with Crippen molar-refractivity contribution in [3.63, 3.8) is 0 Å². The zero-order chi connectivity index (χ0) is 29.1. The summed E-state index contributed by atoms with van der Waals surface area (Å²) in [6.07, 6.45) is 3.84. The van der Waals surface area contributed by atoms with Crippen LogP contribution in [0.1, 0.15) is 5.56 Å². The molecule has 5 heteroatoms. The van der Waals surface area contributed by atoms with E-state index in [1.165, 1.54) is 9.96 Å². The molecular weight excluding hydrogens is 765 g/mol. The van der Waals surface area contributed by atoms with Gasteiger partial charge in [-0.3, -0.25) is 0 Å². The Labute approximate surface area is 269 Å². The molecule has 0 aliphatic carbocycles. The summed E-state index contributed by atoms with van der Waals surface area (Å²) in [6, 6.07) is 43.6. The minimum atomic E-state index is -1.73. The van der Waals surface area contributed by atoms with Crippen molar-refractivity contribution in [2.24, 2.45) is 0 Å². The Morgan fingerprint density at radius 3 is 2.14 bits per heavy atom. The normalized spacial score (nSPS) is 11.1. The second-order valence-corrected chi connectivity index (χ2v) is 22.1. The van der Waals surface area contributed by atoms with E-state index < -0.39 is 13.3 Å². The SMILES string of the molecule is Cc1c[c-]c(-c2cc[c]([Ge]([CH3])([CH3])[CH3])cn2)cc1.[Ir].[c-]1cc(-c2ccccc2)c2c(oc3ccccc32)c1-c1ccccn1. The topological polar surface area (TPSA) is 38.9 Å². The third kappa shape index (κ3) is 6.73. The number of hydrogen-bond donors (Lipinski definition) is 0. The van der Waals surface area contributed by atoms with Gasteiger partial charge in [-0.25, -0.2) is 0 Å². The van der Waals surface area contributed by atoms with E-state index in [0.717, 1.165) is 55.6 Å². The largest absolute Gasteiger partial charge is 0.501 e. The first-order valence-electron chi connectivity index (χ1n) is 14.2. The van der Waals surface area contributed by atoms with Gasteiger partial charge in [0, 0.05) is 31.7 Å². The number of aryl methyl sites for hydroxylation is 1. The van der Waals surface area contributed by atoms with Gasteiger partial charge in [-0.1, -0.05) is 77.4 Å². The Morgan fingerprint density at radius 1 is 0.698 bits per heavy atom. The minimum absolute atomic E-state index is 0. The molecule has 7 aromatic rings. The van der Waals surface area contributed by atoms with Crippen LogP contribution < -0.4 is 4.40 Å². The summed E-state index contributed by atoms with van der Waals surface area (Å²) < 4.78 is 7.67. The summed E-state index contributed by atoms with van der Waals surface area (Å²) in [4.78, 5) is 9.04. The molecule has 3 heterocycles. The number of hydrogen-bond acceptors (Lipinski definition) is 3. The molecule has 4 aromatic carbocycles. The van der Waals surface area contributed by atoms with E-state index >= 15 is 0 Å². The Kier molecular flexibility index (Phi) is 9.41. The third-order valence-corrected chi connectivity index (χ3v) is 11.6. The Morgan fingerprint density at radius 2 is 1.47 bits per heavy atom. The maximum atomic E-state index is 6.23. The molecule has 0 amide bonds. The summed E-state index contributed by atoms with van der Waals surface area (Å²) in [7, 11) is 0. The minimum Gasteiger partial charge on any atom is -0.501 e. The third-order valence-electron chi connectivity index (χ3n) is 7.33. The smallest absolute Gasteiger partial charge is 0.120 e. The summed E-state index contributed by atoms with van der Waals surface area (Å²) in [6.45, 7) is 2.07. The second kappa shape index (κ2) is 13.2. The fourth-order valence-corrected chi connectivity index (χ4v) is 7.15. The molecule has 215 valence electrons. The van der Waals surface area contributed by atoms with Gasteiger partial charge in [0.25, 0.3) is 0 Å². The molecular formula is C38H32GeIrN2O-2. The fourth-order valence-electron chi connectivity index (χ4n) is 4.98. The molecule has 3 aromatic heterocycles. The number of para-hydroxylation sites is 1. The molecule has 0 saturated carbocycles. The van der Waals surface area contributed by atoms with Gasteiger partial charge in [-0.05, 0) is 23.2 Å². The van der Waals surface area contributed by atoms with Gasteiger partial charge in [0.15, 0.2) is 0 Å². The van der Waals surface area contributed by atoms with E-state index in [2.05, 4.69) is 101 Å². The molecule has 0 aliphatic heterocycles.